The van der Waals surface area contributed by atoms with Crippen LogP contribution in [0.25, 0.3) is 0 Å². The van der Waals surface area contributed by atoms with Crippen molar-refractivity contribution in [1.82, 2.24) is 5.32 Å². The van der Waals surface area contributed by atoms with Crippen LogP contribution in [0.3, 0.4) is 0 Å². The van der Waals surface area contributed by atoms with Crippen LogP contribution in [-0.4, -0.2) is 25.8 Å². The maximum absolute atomic E-state index is 13.4. The zero-order chi connectivity index (χ0) is 13.0. The van der Waals surface area contributed by atoms with Gasteiger partial charge in [-0.3, -0.25) is 0 Å². The van der Waals surface area contributed by atoms with Crippen molar-refractivity contribution in [2.75, 3.05) is 19.7 Å². The van der Waals surface area contributed by atoms with Gasteiger partial charge in [0.1, 0.15) is 0 Å². The normalized spacial score (nSPS) is 20.9. The van der Waals surface area contributed by atoms with Crippen molar-refractivity contribution in [3.05, 3.63) is 35.4 Å². The maximum Gasteiger partial charge on any atom is 0.273 e. The van der Waals surface area contributed by atoms with E-state index < -0.39 is 5.92 Å². The van der Waals surface area contributed by atoms with E-state index >= 15 is 0 Å². The Kier molecular flexibility index (Phi) is 4.30. The molecule has 0 aromatic heterocycles. The van der Waals surface area contributed by atoms with Crippen molar-refractivity contribution in [2.45, 2.75) is 31.8 Å². The van der Waals surface area contributed by atoms with Crippen LogP contribution in [0.4, 0.5) is 8.78 Å². The Labute approximate surface area is 106 Å². The first-order valence-corrected chi connectivity index (χ1v) is 6.41. The summed E-state index contributed by atoms with van der Waals surface area (Å²) >= 11 is 0. The molecule has 1 aromatic carbocycles. The number of hydrogen-bond donors (Lipinski definition) is 1. The summed E-state index contributed by atoms with van der Waals surface area (Å²) in [5.74, 6) is -2.72. The predicted molar refractivity (Wildman–Crippen MR) is 66.9 cm³/mol. The molecule has 1 N–H and O–H groups in total. The second-order valence-corrected chi connectivity index (χ2v) is 4.66. The van der Waals surface area contributed by atoms with Crippen LogP contribution < -0.4 is 5.32 Å². The highest BCUT2D eigenvalue weighted by Gasteiger charge is 2.28. The highest BCUT2D eigenvalue weighted by molar-refractivity contribution is 5.26. The Hall–Kier alpha value is -1.00. The van der Waals surface area contributed by atoms with Crippen LogP contribution in [0, 0.1) is 0 Å². The number of nitrogens with one attached hydrogen (secondary N) is 1. The summed E-state index contributed by atoms with van der Waals surface area (Å²) < 4.78 is 32.5. The quantitative estimate of drug-likeness (QED) is 0.893. The Balaban J connectivity index is 1.99. The summed E-state index contributed by atoms with van der Waals surface area (Å²) in [5, 5.41) is 3.25. The molecule has 1 aromatic rings. The number of rotatable bonds is 4. The van der Waals surface area contributed by atoms with Crippen LogP contribution in [0.5, 0.6) is 0 Å². The number of hydrogen-bond acceptors (Lipinski definition) is 2. The first-order valence-electron chi connectivity index (χ1n) is 6.41. The zero-order valence-corrected chi connectivity index (χ0v) is 10.6. The lowest BCUT2D eigenvalue weighted by atomic mass is 10.0. The third-order valence-corrected chi connectivity index (χ3v) is 3.29. The first kappa shape index (κ1) is 13.4. The van der Waals surface area contributed by atoms with Gasteiger partial charge in [0, 0.05) is 25.1 Å². The van der Waals surface area contributed by atoms with Crippen LogP contribution >= 0.6 is 0 Å². The third-order valence-electron chi connectivity index (χ3n) is 3.29. The fourth-order valence-electron chi connectivity index (χ4n) is 2.10. The minimum atomic E-state index is -2.72. The SMILES string of the molecule is CCC(F)(F)c1ccc(CC2CNCCO2)cc1. The van der Waals surface area contributed by atoms with Gasteiger partial charge < -0.3 is 10.1 Å². The molecule has 0 bridgehead atoms. The van der Waals surface area contributed by atoms with E-state index in [1.165, 1.54) is 19.1 Å². The number of morpholine rings is 1. The summed E-state index contributed by atoms with van der Waals surface area (Å²) in [4.78, 5) is 0. The number of halogens is 2. The van der Waals surface area contributed by atoms with E-state index in [9.17, 15) is 8.78 Å². The van der Waals surface area contributed by atoms with E-state index in [-0.39, 0.29) is 18.1 Å². The number of ether oxygens (including phenoxy) is 1. The lowest BCUT2D eigenvalue weighted by molar-refractivity contribution is -0.00831. The van der Waals surface area contributed by atoms with Gasteiger partial charge in [0.2, 0.25) is 0 Å². The van der Waals surface area contributed by atoms with Crippen molar-refractivity contribution in [1.29, 1.82) is 0 Å². The van der Waals surface area contributed by atoms with Crippen LogP contribution in [0.15, 0.2) is 24.3 Å². The Morgan fingerprint density at radius 2 is 2.06 bits per heavy atom. The largest absolute Gasteiger partial charge is 0.375 e. The summed E-state index contributed by atoms with van der Waals surface area (Å²) in [5.41, 5.74) is 1.13. The lowest BCUT2D eigenvalue weighted by Crippen LogP contribution is -2.39. The van der Waals surface area contributed by atoms with Gasteiger partial charge >= 0.3 is 0 Å². The van der Waals surface area contributed by atoms with E-state index in [0.29, 0.717) is 0 Å². The first-order chi connectivity index (χ1) is 8.62. The van der Waals surface area contributed by atoms with Crippen molar-refractivity contribution < 1.29 is 13.5 Å². The van der Waals surface area contributed by atoms with Crippen molar-refractivity contribution in [3.8, 4) is 0 Å². The average Bonchev–Trinajstić information content (AvgIpc) is 2.40. The smallest absolute Gasteiger partial charge is 0.273 e. The molecule has 1 heterocycles. The Bertz CT molecular complexity index is 372. The molecule has 0 radical (unpaired) electrons. The molecule has 100 valence electrons. The Morgan fingerprint density at radius 1 is 1.33 bits per heavy atom. The molecular weight excluding hydrogens is 236 g/mol. The lowest BCUT2D eigenvalue weighted by Gasteiger charge is -2.23. The van der Waals surface area contributed by atoms with Gasteiger partial charge in [-0.05, 0) is 12.0 Å². The van der Waals surface area contributed by atoms with E-state index in [4.69, 9.17) is 4.74 Å². The molecule has 1 fully saturated rings. The topological polar surface area (TPSA) is 21.3 Å². The van der Waals surface area contributed by atoms with Crippen LogP contribution in [0.1, 0.15) is 24.5 Å². The summed E-state index contributed by atoms with van der Waals surface area (Å²) in [6, 6.07) is 6.60. The standard InChI is InChI=1S/C14H19F2NO/c1-2-14(15,16)12-5-3-11(4-6-12)9-13-10-17-7-8-18-13/h3-6,13,17H,2,7-10H2,1H3. The third kappa shape index (κ3) is 3.27. The highest BCUT2D eigenvalue weighted by Crippen LogP contribution is 2.31. The average molecular weight is 255 g/mol. The van der Waals surface area contributed by atoms with Crippen molar-refractivity contribution in [3.63, 3.8) is 0 Å². The fourth-order valence-corrected chi connectivity index (χ4v) is 2.10. The van der Waals surface area contributed by atoms with Crippen LogP contribution in [-0.2, 0) is 17.1 Å². The van der Waals surface area contributed by atoms with Gasteiger partial charge in [0.15, 0.2) is 0 Å². The second-order valence-electron chi connectivity index (χ2n) is 4.66. The summed E-state index contributed by atoms with van der Waals surface area (Å²) in [7, 11) is 0. The van der Waals surface area contributed by atoms with Crippen molar-refractivity contribution >= 4 is 0 Å². The molecule has 1 aliphatic heterocycles. The minimum Gasteiger partial charge on any atom is -0.375 e. The molecule has 1 saturated heterocycles. The summed E-state index contributed by atoms with van der Waals surface area (Å²) in [6.45, 7) is 3.93. The molecule has 1 unspecified atom stereocenters. The molecule has 0 aliphatic carbocycles. The molecule has 2 nitrogen and oxygen atoms in total. The highest BCUT2D eigenvalue weighted by atomic mass is 19.3. The van der Waals surface area contributed by atoms with Gasteiger partial charge in [-0.1, -0.05) is 31.2 Å². The molecule has 0 amide bonds. The van der Waals surface area contributed by atoms with Gasteiger partial charge in [0.05, 0.1) is 12.7 Å². The molecule has 2 rings (SSSR count). The van der Waals surface area contributed by atoms with E-state index in [0.717, 1.165) is 31.7 Å². The van der Waals surface area contributed by atoms with E-state index in [1.807, 2.05) is 0 Å². The van der Waals surface area contributed by atoms with Gasteiger partial charge in [-0.25, -0.2) is 8.78 Å². The fraction of sp³-hybridized carbons (Fsp3) is 0.571. The molecule has 4 heteroatoms. The Morgan fingerprint density at radius 3 is 2.61 bits per heavy atom. The van der Waals surface area contributed by atoms with E-state index in [2.05, 4.69) is 5.32 Å². The molecule has 18 heavy (non-hydrogen) atoms. The van der Waals surface area contributed by atoms with Gasteiger partial charge in [0.25, 0.3) is 5.92 Å². The van der Waals surface area contributed by atoms with Gasteiger partial charge in [-0.15, -0.1) is 0 Å². The van der Waals surface area contributed by atoms with Crippen LogP contribution in [0.2, 0.25) is 0 Å². The molecule has 1 atom stereocenters. The molecule has 0 spiro atoms. The monoisotopic (exact) mass is 255 g/mol. The number of alkyl halides is 2. The maximum atomic E-state index is 13.4. The second kappa shape index (κ2) is 5.76. The van der Waals surface area contributed by atoms with E-state index in [1.54, 1.807) is 12.1 Å². The predicted octanol–water partition coefficient (Wildman–Crippen LogP) is 2.72. The number of benzene rings is 1. The molecule has 0 saturated carbocycles. The molecular formula is C14H19F2NO. The van der Waals surface area contributed by atoms with Gasteiger partial charge in [-0.2, -0.15) is 0 Å². The molecule has 1 aliphatic rings. The minimum absolute atomic E-state index is 0.0939. The zero-order valence-electron chi connectivity index (χ0n) is 10.6. The van der Waals surface area contributed by atoms with Crippen molar-refractivity contribution in [2.24, 2.45) is 0 Å². The summed E-state index contributed by atoms with van der Waals surface area (Å²) in [6.07, 6.45) is 0.753.